The van der Waals surface area contributed by atoms with Crippen molar-refractivity contribution in [2.75, 3.05) is 0 Å². The highest BCUT2D eigenvalue weighted by Crippen LogP contribution is 2.17. The van der Waals surface area contributed by atoms with Gasteiger partial charge in [-0.2, -0.15) is 5.10 Å². The molecule has 18 heavy (non-hydrogen) atoms. The van der Waals surface area contributed by atoms with Gasteiger partial charge in [0.25, 0.3) is 0 Å². The fourth-order valence-electron chi connectivity index (χ4n) is 1.87. The maximum atomic E-state index is 9.15. The van der Waals surface area contributed by atoms with Crippen LogP contribution in [0.2, 0.25) is 0 Å². The monoisotopic (exact) mass is 244 g/mol. The Hall–Kier alpha value is -1.59. The Morgan fingerprint density at radius 2 is 2.06 bits per heavy atom. The maximum absolute atomic E-state index is 9.15. The van der Waals surface area contributed by atoms with Gasteiger partial charge in [0.05, 0.1) is 6.20 Å². The number of rotatable bonds is 4. The second-order valence-corrected chi connectivity index (χ2v) is 4.84. The van der Waals surface area contributed by atoms with Crippen molar-refractivity contribution in [2.24, 2.45) is 5.92 Å². The molecule has 4 nitrogen and oxygen atoms in total. The topological polar surface area (TPSA) is 58.3 Å². The van der Waals surface area contributed by atoms with Gasteiger partial charge in [0, 0.05) is 18.3 Å². The average molecular weight is 244 g/mol. The molecule has 0 radical (unpaired) electrons. The Morgan fingerprint density at radius 1 is 1.28 bits per heavy atom. The molecule has 0 spiro atoms. The molecule has 0 aliphatic carbocycles. The Kier molecular flexibility index (Phi) is 3.84. The van der Waals surface area contributed by atoms with E-state index in [4.69, 9.17) is 10.0 Å². The third kappa shape index (κ3) is 3.00. The number of hydrogen-bond acceptors (Lipinski definition) is 3. The van der Waals surface area contributed by atoms with E-state index < -0.39 is 7.12 Å². The van der Waals surface area contributed by atoms with E-state index in [1.54, 1.807) is 18.3 Å². The zero-order valence-electron chi connectivity index (χ0n) is 10.6. The highest BCUT2D eigenvalue weighted by atomic mass is 16.4. The van der Waals surface area contributed by atoms with Crippen LogP contribution in [0.1, 0.15) is 13.8 Å². The molecule has 0 bridgehead atoms. The Labute approximate surface area is 107 Å². The molecule has 1 aromatic carbocycles. The van der Waals surface area contributed by atoms with Crippen molar-refractivity contribution in [3.05, 3.63) is 36.7 Å². The largest absolute Gasteiger partial charge is 0.488 e. The van der Waals surface area contributed by atoms with Crippen LogP contribution in [0, 0.1) is 5.92 Å². The lowest BCUT2D eigenvalue weighted by Crippen LogP contribution is -2.29. The molecular formula is C13H17BN2O2. The summed E-state index contributed by atoms with van der Waals surface area (Å²) in [6, 6.07) is 7.20. The van der Waals surface area contributed by atoms with E-state index in [0.29, 0.717) is 11.4 Å². The fourth-order valence-corrected chi connectivity index (χ4v) is 1.87. The molecule has 2 N–H and O–H groups in total. The second kappa shape index (κ2) is 5.37. The van der Waals surface area contributed by atoms with Gasteiger partial charge in [-0.25, -0.2) is 0 Å². The Bertz CT molecular complexity index is 523. The zero-order chi connectivity index (χ0) is 13.1. The lowest BCUT2D eigenvalue weighted by Gasteiger charge is -2.04. The summed E-state index contributed by atoms with van der Waals surface area (Å²) in [5, 5.41) is 22.6. The van der Waals surface area contributed by atoms with E-state index in [1.807, 2.05) is 23.0 Å². The summed E-state index contributed by atoms with van der Waals surface area (Å²) in [6.07, 6.45) is 3.77. The van der Waals surface area contributed by atoms with E-state index in [1.165, 1.54) is 0 Å². The van der Waals surface area contributed by atoms with Crippen LogP contribution in [0.25, 0.3) is 11.1 Å². The van der Waals surface area contributed by atoms with Gasteiger partial charge in [-0.3, -0.25) is 4.68 Å². The molecule has 0 saturated carbocycles. The van der Waals surface area contributed by atoms with Gasteiger partial charge in [-0.15, -0.1) is 0 Å². The van der Waals surface area contributed by atoms with Crippen LogP contribution in [0.5, 0.6) is 0 Å². The third-order valence-corrected chi connectivity index (χ3v) is 2.70. The predicted octanol–water partition coefficient (Wildman–Crippen LogP) is 0.886. The van der Waals surface area contributed by atoms with Crippen LogP contribution in [0.3, 0.4) is 0 Å². The van der Waals surface area contributed by atoms with Crippen LogP contribution < -0.4 is 5.46 Å². The van der Waals surface area contributed by atoms with E-state index in [-0.39, 0.29) is 0 Å². The van der Waals surface area contributed by atoms with Crippen molar-refractivity contribution >= 4 is 12.6 Å². The average Bonchev–Trinajstić information content (AvgIpc) is 2.77. The first kappa shape index (κ1) is 12.9. The lowest BCUT2D eigenvalue weighted by molar-refractivity contribution is 0.426. The minimum absolute atomic E-state index is 0.490. The summed E-state index contributed by atoms with van der Waals surface area (Å²) in [6.45, 7) is 5.16. The fraction of sp³-hybridized carbons (Fsp3) is 0.308. The molecule has 0 aliphatic rings. The second-order valence-electron chi connectivity index (χ2n) is 4.84. The molecule has 0 unspecified atom stereocenters. The van der Waals surface area contributed by atoms with Gasteiger partial charge in [0.1, 0.15) is 0 Å². The van der Waals surface area contributed by atoms with Crippen LogP contribution >= 0.6 is 0 Å². The van der Waals surface area contributed by atoms with Crippen molar-refractivity contribution in [3.63, 3.8) is 0 Å². The minimum atomic E-state index is -1.43. The number of hydrogen-bond donors (Lipinski definition) is 2. The smallest absolute Gasteiger partial charge is 0.423 e. The molecule has 1 aromatic heterocycles. The van der Waals surface area contributed by atoms with E-state index in [2.05, 4.69) is 18.9 Å². The first-order valence-corrected chi connectivity index (χ1v) is 6.05. The molecule has 94 valence electrons. The molecule has 0 saturated heterocycles. The Morgan fingerprint density at radius 3 is 2.72 bits per heavy atom. The quantitative estimate of drug-likeness (QED) is 0.785. The van der Waals surface area contributed by atoms with Crippen LogP contribution in [0.15, 0.2) is 36.7 Å². The van der Waals surface area contributed by atoms with E-state index >= 15 is 0 Å². The van der Waals surface area contributed by atoms with E-state index in [0.717, 1.165) is 17.7 Å². The number of aromatic nitrogens is 2. The molecule has 2 rings (SSSR count). The molecular weight excluding hydrogens is 227 g/mol. The Balaban J connectivity index is 2.25. The molecule has 0 atom stereocenters. The predicted molar refractivity (Wildman–Crippen MR) is 72.3 cm³/mol. The summed E-state index contributed by atoms with van der Waals surface area (Å²) < 4.78 is 1.90. The molecule has 5 heteroatoms. The van der Waals surface area contributed by atoms with Crippen molar-refractivity contribution in [1.29, 1.82) is 0 Å². The van der Waals surface area contributed by atoms with Crippen LogP contribution in [0.4, 0.5) is 0 Å². The highest BCUT2D eigenvalue weighted by Gasteiger charge is 2.12. The number of benzene rings is 1. The summed E-state index contributed by atoms with van der Waals surface area (Å²) in [7, 11) is -1.43. The van der Waals surface area contributed by atoms with Gasteiger partial charge in [0.15, 0.2) is 0 Å². The van der Waals surface area contributed by atoms with Crippen LogP contribution in [-0.4, -0.2) is 26.9 Å². The lowest BCUT2D eigenvalue weighted by atomic mass is 9.79. The van der Waals surface area contributed by atoms with Crippen molar-refractivity contribution in [1.82, 2.24) is 9.78 Å². The van der Waals surface area contributed by atoms with Gasteiger partial charge < -0.3 is 10.0 Å². The first-order valence-electron chi connectivity index (χ1n) is 6.05. The summed E-state index contributed by atoms with van der Waals surface area (Å²) in [4.78, 5) is 0. The van der Waals surface area contributed by atoms with Gasteiger partial charge in [0.2, 0.25) is 0 Å². The normalized spacial score (nSPS) is 10.9. The molecule has 1 heterocycles. The molecule has 0 fully saturated rings. The van der Waals surface area contributed by atoms with Crippen molar-refractivity contribution in [3.8, 4) is 11.1 Å². The SMILES string of the molecule is CC(C)Cn1cc(-c2cccc(B(O)O)c2)cn1. The van der Waals surface area contributed by atoms with Gasteiger partial charge in [-0.1, -0.05) is 38.1 Å². The van der Waals surface area contributed by atoms with E-state index in [9.17, 15) is 0 Å². The summed E-state index contributed by atoms with van der Waals surface area (Å²) in [5.41, 5.74) is 2.41. The molecule has 0 amide bonds. The van der Waals surface area contributed by atoms with Gasteiger partial charge in [-0.05, 0) is 16.9 Å². The van der Waals surface area contributed by atoms with Crippen LogP contribution in [-0.2, 0) is 6.54 Å². The highest BCUT2D eigenvalue weighted by molar-refractivity contribution is 6.58. The molecule has 0 aliphatic heterocycles. The molecule has 2 aromatic rings. The van der Waals surface area contributed by atoms with Crippen molar-refractivity contribution in [2.45, 2.75) is 20.4 Å². The standard InChI is InChI=1S/C13H17BN2O2/c1-10(2)8-16-9-12(7-15-16)11-4-3-5-13(6-11)14(17)18/h3-7,9-10,17-18H,8H2,1-2H3. The summed E-state index contributed by atoms with van der Waals surface area (Å²) in [5.74, 6) is 0.545. The first-order chi connectivity index (χ1) is 8.56. The number of nitrogens with zero attached hydrogens (tertiary/aromatic N) is 2. The minimum Gasteiger partial charge on any atom is -0.423 e. The van der Waals surface area contributed by atoms with Crippen molar-refractivity contribution < 1.29 is 10.0 Å². The van der Waals surface area contributed by atoms with Gasteiger partial charge >= 0.3 is 7.12 Å². The summed E-state index contributed by atoms with van der Waals surface area (Å²) >= 11 is 0. The maximum Gasteiger partial charge on any atom is 0.488 e. The third-order valence-electron chi connectivity index (χ3n) is 2.70. The zero-order valence-corrected chi connectivity index (χ0v) is 10.6.